The molecule has 0 radical (unpaired) electrons. The summed E-state index contributed by atoms with van der Waals surface area (Å²) in [5.74, 6) is 0.957. The maximum atomic E-state index is 11.6. The van der Waals surface area contributed by atoms with Gasteiger partial charge in [-0.3, -0.25) is 9.69 Å². The topological polar surface area (TPSA) is 68.5 Å². The van der Waals surface area contributed by atoms with Gasteiger partial charge < -0.3 is 9.15 Å². The number of piperidine rings is 1. The molecule has 0 saturated carbocycles. The molecule has 0 N–H and O–H groups in total. The number of thiophene rings is 1. The summed E-state index contributed by atoms with van der Waals surface area (Å²) < 4.78 is 10.5. The second-order valence-corrected chi connectivity index (χ2v) is 6.02. The Labute approximate surface area is 126 Å². The Morgan fingerprint density at radius 3 is 3.24 bits per heavy atom. The van der Waals surface area contributed by atoms with E-state index in [1.54, 1.807) is 11.3 Å². The van der Waals surface area contributed by atoms with Gasteiger partial charge in [0.2, 0.25) is 5.89 Å². The number of ether oxygens (including phenoxy) is 1. The summed E-state index contributed by atoms with van der Waals surface area (Å²) in [6.45, 7) is 2.19. The smallest absolute Gasteiger partial charge is 0.309 e. The number of rotatable bonds is 4. The number of likely N-dealkylation sites (tertiary alicyclic amines) is 1. The third kappa shape index (κ3) is 3.30. The van der Waals surface area contributed by atoms with Gasteiger partial charge >= 0.3 is 5.97 Å². The molecule has 1 fully saturated rings. The van der Waals surface area contributed by atoms with Crippen LogP contribution in [0.25, 0.3) is 10.8 Å². The minimum Gasteiger partial charge on any atom is -0.469 e. The van der Waals surface area contributed by atoms with Gasteiger partial charge in [-0.05, 0) is 30.8 Å². The largest absolute Gasteiger partial charge is 0.469 e. The monoisotopic (exact) mass is 307 g/mol. The van der Waals surface area contributed by atoms with Crippen molar-refractivity contribution in [1.29, 1.82) is 0 Å². The Kier molecular flexibility index (Phi) is 4.31. The molecule has 1 unspecified atom stereocenters. The Morgan fingerprint density at radius 1 is 1.57 bits per heavy atom. The van der Waals surface area contributed by atoms with Crippen molar-refractivity contribution in [3.05, 3.63) is 23.4 Å². The van der Waals surface area contributed by atoms with E-state index in [4.69, 9.17) is 9.15 Å². The Balaban J connectivity index is 1.62. The van der Waals surface area contributed by atoms with Gasteiger partial charge in [-0.15, -0.1) is 21.5 Å². The molecule has 21 heavy (non-hydrogen) atoms. The van der Waals surface area contributed by atoms with Gasteiger partial charge in [-0.1, -0.05) is 6.07 Å². The molecule has 2 aromatic heterocycles. The van der Waals surface area contributed by atoms with E-state index in [9.17, 15) is 4.79 Å². The minimum absolute atomic E-state index is 0.0524. The molecule has 2 aromatic rings. The molecule has 0 aliphatic carbocycles. The van der Waals surface area contributed by atoms with E-state index in [0.29, 0.717) is 24.9 Å². The van der Waals surface area contributed by atoms with E-state index >= 15 is 0 Å². The van der Waals surface area contributed by atoms with E-state index in [0.717, 1.165) is 24.3 Å². The van der Waals surface area contributed by atoms with Gasteiger partial charge in [-0.2, -0.15) is 0 Å². The number of nitrogens with zero attached hydrogens (tertiary/aromatic N) is 3. The number of hydrogen-bond donors (Lipinski definition) is 0. The summed E-state index contributed by atoms with van der Waals surface area (Å²) in [6.07, 6.45) is 1.86. The predicted octanol–water partition coefficient (Wildman–Crippen LogP) is 2.18. The minimum atomic E-state index is -0.135. The highest BCUT2D eigenvalue weighted by Crippen LogP contribution is 2.24. The third-order valence-corrected chi connectivity index (χ3v) is 4.46. The number of carbonyl (C=O) groups excluding carboxylic acids is 1. The van der Waals surface area contributed by atoms with Gasteiger partial charge in [0.15, 0.2) is 0 Å². The van der Waals surface area contributed by atoms with Crippen molar-refractivity contribution in [2.24, 2.45) is 5.92 Å². The fraction of sp³-hybridized carbons (Fsp3) is 0.500. The molecular weight excluding hydrogens is 290 g/mol. The molecule has 0 aromatic carbocycles. The number of esters is 1. The van der Waals surface area contributed by atoms with E-state index < -0.39 is 0 Å². The summed E-state index contributed by atoms with van der Waals surface area (Å²) in [5.41, 5.74) is 0. The lowest BCUT2D eigenvalue weighted by molar-refractivity contribution is -0.147. The SMILES string of the molecule is COC(=O)C1CCCN(Cc2nnc(-c3cccs3)o2)C1. The zero-order valence-corrected chi connectivity index (χ0v) is 12.6. The van der Waals surface area contributed by atoms with Crippen LogP contribution in [0.2, 0.25) is 0 Å². The molecule has 0 amide bonds. The van der Waals surface area contributed by atoms with Crippen LogP contribution in [0.1, 0.15) is 18.7 Å². The first kappa shape index (κ1) is 14.2. The Bertz CT molecular complexity index is 596. The zero-order valence-electron chi connectivity index (χ0n) is 11.8. The van der Waals surface area contributed by atoms with Crippen LogP contribution in [0.3, 0.4) is 0 Å². The molecule has 1 atom stereocenters. The number of aromatic nitrogens is 2. The molecule has 0 spiro atoms. The first-order valence-corrected chi connectivity index (χ1v) is 7.80. The molecule has 112 valence electrons. The maximum absolute atomic E-state index is 11.6. The van der Waals surface area contributed by atoms with Crippen LogP contribution in [0.4, 0.5) is 0 Å². The summed E-state index contributed by atoms with van der Waals surface area (Å²) >= 11 is 1.57. The standard InChI is InChI=1S/C14H17N3O3S/c1-19-14(18)10-4-2-6-17(8-10)9-12-15-16-13(20-12)11-5-3-7-21-11/h3,5,7,10H,2,4,6,8-9H2,1H3. The molecule has 1 saturated heterocycles. The van der Waals surface area contributed by atoms with Crippen LogP contribution in [0.15, 0.2) is 21.9 Å². The highest BCUT2D eigenvalue weighted by molar-refractivity contribution is 7.13. The second-order valence-electron chi connectivity index (χ2n) is 5.08. The molecule has 6 nitrogen and oxygen atoms in total. The fourth-order valence-electron chi connectivity index (χ4n) is 2.57. The Hall–Kier alpha value is -1.73. The number of hydrogen-bond acceptors (Lipinski definition) is 7. The zero-order chi connectivity index (χ0) is 14.7. The molecule has 1 aliphatic heterocycles. The van der Waals surface area contributed by atoms with Crippen LogP contribution >= 0.6 is 11.3 Å². The van der Waals surface area contributed by atoms with Crippen LogP contribution in [0.5, 0.6) is 0 Å². The van der Waals surface area contributed by atoms with Crippen molar-refractivity contribution in [2.75, 3.05) is 20.2 Å². The van der Waals surface area contributed by atoms with Crippen molar-refractivity contribution in [3.63, 3.8) is 0 Å². The maximum Gasteiger partial charge on any atom is 0.309 e. The highest BCUT2D eigenvalue weighted by atomic mass is 32.1. The third-order valence-electron chi connectivity index (χ3n) is 3.60. The van der Waals surface area contributed by atoms with Crippen molar-refractivity contribution in [2.45, 2.75) is 19.4 Å². The summed E-state index contributed by atoms with van der Waals surface area (Å²) in [5, 5.41) is 10.1. The molecular formula is C14H17N3O3S. The van der Waals surface area contributed by atoms with Crippen molar-refractivity contribution < 1.29 is 13.9 Å². The van der Waals surface area contributed by atoms with E-state index in [1.807, 2.05) is 17.5 Å². The van der Waals surface area contributed by atoms with Crippen molar-refractivity contribution in [3.8, 4) is 10.8 Å². The van der Waals surface area contributed by atoms with Crippen molar-refractivity contribution >= 4 is 17.3 Å². The van der Waals surface area contributed by atoms with E-state index in [1.165, 1.54) is 7.11 Å². The highest BCUT2D eigenvalue weighted by Gasteiger charge is 2.27. The number of methoxy groups -OCH3 is 1. The van der Waals surface area contributed by atoms with Crippen molar-refractivity contribution in [1.82, 2.24) is 15.1 Å². The summed E-state index contributed by atoms with van der Waals surface area (Å²) in [6, 6.07) is 3.91. The lowest BCUT2D eigenvalue weighted by atomic mass is 9.98. The van der Waals surface area contributed by atoms with Crippen LogP contribution in [-0.4, -0.2) is 41.3 Å². The quantitative estimate of drug-likeness (QED) is 0.807. The molecule has 7 heteroatoms. The van der Waals surface area contributed by atoms with Gasteiger partial charge in [0.25, 0.3) is 5.89 Å². The van der Waals surface area contributed by atoms with Crippen LogP contribution < -0.4 is 0 Å². The first-order valence-electron chi connectivity index (χ1n) is 6.92. The molecule has 0 bridgehead atoms. The average molecular weight is 307 g/mol. The van der Waals surface area contributed by atoms with Gasteiger partial charge in [0.1, 0.15) is 0 Å². The number of carbonyl (C=O) groups is 1. The van der Waals surface area contributed by atoms with E-state index in [-0.39, 0.29) is 11.9 Å². The van der Waals surface area contributed by atoms with Gasteiger partial charge in [-0.25, -0.2) is 0 Å². The predicted molar refractivity (Wildman–Crippen MR) is 77.6 cm³/mol. The lowest BCUT2D eigenvalue weighted by Gasteiger charge is -2.29. The average Bonchev–Trinajstić information content (AvgIpc) is 3.17. The summed E-state index contributed by atoms with van der Waals surface area (Å²) in [7, 11) is 1.44. The van der Waals surface area contributed by atoms with Crippen LogP contribution in [0, 0.1) is 5.92 Å². The fourth-order valence-corrected chi connectivity index (χ4v) is 3.21. The second kappa shape index (κ2) is 6.36. The van der Waals surface area contributed by atoms with Gasteiger partial charge in [0, 0.05) is 6.54 Å². The van der Waals surface area contributed by atoms with E-state index in [2.05, 4.69) is 15.1 Å². The molecule has 1 aliphatic rings. The first-order chi connectivity index (χ1) is 10.3. The normalized spacial score (nSPS) is 19.6. The molecule has 3 rings (SSSR count). The molecule has 3 heterocycles. The van der Waals surface area contributed by atoms with Crippen LogP contribution in [-0.2, 0) is 16.1 Å². The Morgan fingerprint density at radius 2 is 2.48 bits per heavy atom. The lowest BCUT2D eigenvalue weighted by Crippen LogP contribution is -2.38. The summed E-state index contributed by atoms with van der Waals surface area (Å²) in [4.78, 5) is 14.8. The van der Waals surface area contributed by atoms with Gasteiger partial charge in [0.05, 0.1) is 24.4 Å².